The van der Waals surface area contributed by atoms with E-state index in [1.54, 1.807) is 0 Å². The van der Waals surface area contributed by atoms with Crippen molar-refractivity contribution in [3.8, 4) is 11.1 Å². The number of guanidine groups is 2. The van der Waals surface area contributed by atoms with Gasteiger partial charge < -0.3 is 92.0 Å². The summed E-state index contributed by atoms with van der Waals surface area (Å²) in [5.41, 5.74) is 12.9. The number of hydrogen-bond donors (Lipinski definition) is 15. The smallest absolute Gasteiger partial charge is 0.407 e. The van der Waals surface area contributed by atoms with E-state index in [0.29, 0.717) is 0 Å². The van der Waals surface area contributed by atoms with Gasteiger partial charge in [0.15, 0.2) is 24.5 Å². The number of rotatable bonds is 14. The number of alkyl carbamates (subject to hydrolysis) is 1. The van der Waals surface area contributed by atoms with Crippen LogP contribution in [0.4, 0.5) is 4.79 Å². The zero-order valence-corrected chi connectivity index (χ0v) is 32.9. The Morgan fingerprint density at radius 3 is 2.02 bits per heavy atom. The number of fused-ring (bicyclic) bond motifs is 3. The lowest BCUT2D eigenvalue weighted by molar-refractivity contribution is -0.327. The molecule has 0 aromatic heterocycles. The number of nitrogens with zero attached hydrogens (tertiary/aromatic N) is 1. The number of nitrogens with one attached hydrogen (secondary N) is 5. The van der Waals surface area contributed by atoms with Crippen LogP contribution in [0.1, 0.15) is 24.0 Å². The predicted molar refractivity (Wildman–Crippen MR) is 209 cm³/mol. The van der Waals surface area contributed by atoms with Gasteiger partial charge in [0.2, 0.25) is 0 Å². The summed E-state index contributed by atoms with van der Waals surface area (Å²) in [6, 6.07) is 11.6. The molecule has 17 N–H and O–H groups in total. The molecule has 2 aromatic carbocycles. The number of likely N-dealkylation sites (N-methyl/N-ethyl adjacent to an activating group) is 1. The normalized spacial score (nSPS) is 36.3. The lowest BCUT2D eigenvalue weighted by Gasteiger charge is -2.48. The summed E-state index contributed by atoms with van der Waals surface area (Å²) < 4.78 is 29.8. The Labute approximate surface area is 344 Å². The van der Waals surface area contributed by atoms with Crippen molar-refractivity contribution in [2.24, 2.45) is 11.5 Å². The first-order valence-corrected chi connectivity index (χ1v) is 19.5. The Bertz CT molecular complexity index is 1790. The van der Waals surface area contributed by atoms with E-state index in [1.807, 2.05) is 48.5 Å². The largest absolute Gasteiger partial charge is 0.449 e. The average Bonchev–Trinajstić information content (AvgIpc) is 3.66. The fourth-order valence-electron chi connectivity index (χ4n) is 8.54. The fraction of sp³-hybridized carbons (Fsp3) is 0.605. The van der Waals surface area contributed by atoms with Gasteiger partial charge in [0.25, 0.3) is 0 Å². The number of hydrogen-bond acceptors (Lipinski definition) is 17. The number of amides is 1. The first-order valence-electron chi connectivity index (χ1n) is 19.5. The van der Waals surface area contributed by atoms with Crippen LogP contribution in [0, 0.1) is 10.8 Å². The molecule has 2 aliphatic carbocycles. The van der Waals surface area contributed by atoms with Crippen molar-refractivity contribution in [2.75, 3.05) is 40.0 Å². The Morgan fingerprint density at radius 1 is 0.833 bits per heavy atom. The molecule has 6 rings (SSSR count). The summed E-state index contributed by atoms with van der Waals surface area (Å²) in [5, 5.41) is 111. The molecular formula is C38H56N8O14. The third kappa shape index (κ3) is 8.88. The summed E-state index contributed by atoms with van der Waals surface area (Å²) in [6.45, 7) is -0.297. The van der Waals surface area contributed by atoms with Crippen molar-refractivity contribution < 1.29 is 69.3 Å². The minimum Gasteiger partial charge on any atom is -0.449 e. The van der Waals surface area contributed by atoms with E-state index in [2.05, 4.69) is 16.0 Å². The van der Waals surface area contributed by atoms with Crippen molar-refractivity contribution in [1.29, 1.82) is 10.8 Å². The Balaban J connectivity index is 1.16. The van der Waals surface area contributed by atoms with Gasteiger partial charge in [0, 0.05) is 19.0 Å². The monoisotopic (exact) mass is 848 g/mol. The first kappa shape index (κ1) is 45.3. The van der Waals surface area contributed by atoms with Crippen LogP contribution in [0.5, 0.6) is 0 Å². The minimum atomic E-state index is -2.27. The zero-order valence-electron chi connectivity index (χ0n) is 32.9. The van der Waals surface area contributed by atoms with E-state index < -0.39 is 122 Å². The van der Waals surface area contributed by atoms with Crippen molar-refractivity contribution in [3.63, 3.8) is 0 Å². The standard InChI is InChI=1S/C38H56N8O14/c1-16-38(55,15-48)32(34(57-16)59-31-24(45-36(41)42)27(50)23(44-35(39)40)28(51)30(31)53)60-33-25(29(52)26(49)22(13-47)58-33)46(2)12-11-43-37(54)56-14-21-19-9-5-3-7-17(19)18-8-4-6-10-20(18)21/h3-10,16,21-34,47-53,55H,11-15H2,1-2H3,(H,43,54)(H4,39,40,44)(H4,41,42,45)/t16-,22?,23?,24-,25?,26-,27?,28-,29+,30?,31-,32?,33-,34-,38-/m0/s1. The molecule has 2 heterocycles. The molecule has 1 saturated carbocycles. The number of nitrogens with two attached hydrogens (primary N) is 2. The molecule has 2 aliphatic heterocycles. The van der Waals surface area contributed by atoms with Gasteiger partial charge in [-0.05, 0) is 36.2 Å². The first-order chi connectivity index (χ1) is 28.5. The molecule has 4 aliphatic rings. The molecule has 0 bridgehead atoms. The van der Waals surface area contributed by atoms with Crippen LogP contribution >= 0.6 is 0 Å². The van der Waals surface area contributed by atoms with Gasteiger partial charge in [0.05, 0.1) is 43.5 Å². The van der Waals surface area contributed by atoms with Crippen LogP contribution in [0.25, 0.3) is 11.1 Å². The minimum absolute atomic E-state index is 0.0192. The molecule has 60 heavy (non-hydrogen) atoms. The highest BCUT2D eigenvalue weighted by Crippen LogP contribution is 2.44. The molecule has 0 radical (unpaired) electrons. The highest BCUT2D eigenvalue weighted by Gasteiger charge is 2.61. The number of aliphatic hydroxyl groups is 8. The number of aliphatic hydroxyl groups excluding tert-OH is 7. The molecule has 2 aromatic rings. The van der Waals surface area contributed by atoms with Gasteiger partial charge in [-0.1, -0.05) is 48.5 Å². The summed E-state index contributed by atoms with van der Waals surface area (Å²) >= 11 is 0. The van der Waals surface area contributed by atoms with E-state index in [1.165, 1.54) is 18.9 Å². The molecule has 0 spiro atoms. The Hall–Kier alpha value is -4.27. The Kier molecular flexibility index (Phi) is 14.2. The van der Waals surface area contributed by atoms with E-state index in [-0.39, 0.29) is 25.6 Å². The molecule has 2 saturated heterocycles. The van der Waals surface area contributed by atoms with E-state index in [0.717, 1.165) is 22.3 Å². The maximum atomic E-state index is 12.9. The SMILES string of the molecule is C[C@@H]1O[C@@H](O[C@@H]2C(O)[C@@H](O)C(NC(=N)N)C(O)[C@@H]2NC(=N)N)C(O[C@@H]2OC(CO)[C@H](O)[C@H](O)C2N(C)CCNC(=O)OCC2c3ccccc3-c3ccccc32)[C@]1(O)CO. The number of carbonyl (C=O) groups is 1. The van der Waals surface area contributed by atoms with E-state index in [9.17, 15) is 45.6 Å². The van der Waals surface area contributed by atoms with Crippen LogP contribution in [-0.2, 0) is 23.7 Å². The fourth-order valence-corrected chi connectivity index (χ4v) is 8.54. The molecule has 22 nitrogen and oxygen atoms in total. The quantitative estimate of drug-likeness (QED) is 0.0627. The second-order valence-electron chi connectivity index (χ2n) is 15.5. The van der Waals surface area contributed by atoms with Gasteiger partial charge >= 0.3 is 6.09 Å². The van der Waals surface area contributed by atoms with Gasteiger partial charge in [-0.25, -0.2) is 4.79 Å². The summed E-state index contributed by atoms with van der Waals surface area (Å²) in [4.78, 5) is 14.4. The van der Waals surface area contributed by atoms with Crippen LogP contribution < -0.4 is 27.4 Å². The second-order valence-corrected chi connectivity index (χ2v) is 15.5. The predicted octanol–water partition coefficient (Wildman–Crippen LogP) is -4.70. The molecule has 3 fully saturated rings. The second kappa shape index (κ2) is 18.8. The molecule has 1 amide bonds. The van der Waals surface area contributed by atoms with Gasteiger partial charge in [-0.2, -0.15) is 0 Å². The average molecular weight is 849 g/mol. The van der Waals surface area contributed by atoms with Crippen molar-refractivity contribution >= 4 is 18.0 Å². The lowest BCUT2D eigenvalue weighted by atomic mass is 9.81. The maximum Gasteiger partial charge on any atom is 0.407 e. The van der Waals surface area contributed by atoms with Crippen LogP contribution in [0.15, 0.2) is 48.5 Å². The highest BCUT2D eigenvalue weighted by atomic mass is 16.8. The third-order valence-corrected chi connectivity index (χ3v) is 11.8. The van der Waals surface area contributed by atoms with Crippen LogP contribution in [0.2, 0.25) is 0 Å². The van der Waals surface area contributed by atoms with Gasteiger partial charge in [0.1, 0.15) is 54.9 Å². The Morgan fingerprint density at radius 2 is 1.43 bits per heavy atom. The molecule has 22 heteroatoms. The van der Waals surface area contributed by atoms with E-state index >= 15 is 0 Å². The molecule has 332 valence electrons. The van der Waals surface area contributed by atoms with Crippen molar-refractivity contribution in [1.82, 2.24) is 20.9 Å². The number of benzene rings is 2. The van der Waals surface area contributed by atoms with E-state index in [4.69, 9.17) is 46.0 Å². The van der Waals surface area contributed by atoms with Crippen molar-refractivity contribution in [3.05, 3.63) is 59.7 Å². The number of carbonyl (C=O) groups excluding carboxylic acids is 1. The number of ether oxygens (including phenoxy) is 5. The topological polar surface area (TPSA) is 364 Å². The zero-order chi connectivity index (χ0) is 43.6. The maximum absolute atomic E-state index is 12.9. The van der Waals surface area contributed by atoms with Gasteiger partial charge in [-0.3, -0.25) is 15.7 Å². The molecule has 6 unspecified atom stereocenters. The molecular weight excluding hydrogens is 792 g/mol. The summed E-state index contributed by atoms with van der Waals surface area (Å²) in [6.07, 6.45) is -18.8. The third-order valence-electron chi connectivity index (χ3n) is 11.8. The lowest BCUT2D eigenvalue weighted by Crippen LogP contribution is -2.73. The van der Waals surface area contributed by atoms with Gasteiger partial charge in [-0.15, -0.1) is 0 Å². The van der Waals surface area contributed by atoms with Crippen molar-refractivity contribution in [2.45, 2.75) is 104 Å². The van der Waals surface area contributed by atoms with Crippen LogP contribution in [0.3, 0.4) is 0 Å². The summed E-state index contributed by atoms with van der Waals surface area (Å²) in [7, 11) is 1.53. The summed E-state index contributed by atoms with van der Waals surface area (Å²) in [5.74, 6) is -1.48. The highest BCUT2D eigenvalue weighted by molar-refractivity contribution is 5.79. The molecule has 15 atom stereocenters. The van der Waals surface area contributed by atoms with Crippen LogP contribution in [-0.4, -0.2) is 195 Å².